The number of fused-ring (bicyclic) bond motifs is 1. The Morgan fingerprint density at radius 3 is 2.92 bits per heavy atom. The summed E-state index contributed by atoms with van der Waals surface area (Å²) in [7, 11) is 1.56. The number of carbonyl (C=O) groups excluding carboxylic acids is 2. The highest BCUT2D eigenvalue weighted by Crippen LogP contribution is 2.17. The first kappa shape index (κ1) is 16.7. The third kappa shape index (κ3) is 3.84. The fraction of sp³-hybridized carbons (Fsp3) is 0.167. The minimum absolute atomic E-state index is 0.211. The van der Waals surface area contributed by atoms with E-state index in [9.17, 15) is 9.59 Å². The van der Waals surface area contributed by atoms with Crippen LogP contribution in [0.5, 0.6) is 0 Å². The lowest BCUT2D eigenvalue weighted by Gasteiger charge is -2.09. The summed E-state index contributed by atoms with van der Waals surface area (Å²) in [6.45, 7) is 0.835. The van der Waals surface area contributed by atoms with E-state index < -0.39 is 0 Å². The van der Waals surface area contributed by atoms with E-state index in [1.54, 1.807) is 43.8 Å². The summed E-state index contributed by atoms with van der Waals surface area (Å²) in [6.07, 6.45) is 3.34. The van der Waals surface area contributed by atoms with E-state index in [0.717, 1.165) is 5.39 Å². The highest BCUT2D eigenvalue weighted by Gasteiger charge is 2.13. The Balaban J connectivity index is 1.77. The van der Waals surface area contributed by atoms with Crippen LogP contribution in [0.3, 0.4) is 0 Å². The molecule has 0 aliphatic rings. The van der Waals surface area contributed by atoms with Crippen molar-refractivity contribution in [1.29, 1.82) is 0 Å². The number of nitrogens with one attached hydrogen (secondary N) is 2. The first-order valence-electron chi connectivity index (χ1n) is 7.79. The van der Waals surface area contributed by atoms with Crippen molar-refractivity contribution in [2.75, 3.05) is 25.6 Å². The molecule has 0 bridgehead atoms. The Bertz CT molecular complexity index is 904. The van der Waals surface area contributed by atoms with Crippen LogP contribution in [0.4, 0.5) is 10.5 Å². The average Bonchev–Trinajstić information content (AvgIpc) is 3.05. The van der Waals surface area contributed by atoms with Crippen LogP contribution in [-0.4, -0.2) is 41.8 Å². The molecule has 0 saturated carbocycles. The Hall–Kier alpha value is -3.19. The summed E-state index contributed by atoms with van der Waals surface area (Å²) in [5.41, 5.74) is 1.59. The number of hydrogen-bond donors (Lipinski definition) is 2. The van der Waals surface area contributed by atoms with Gasteiger partial charge < -0.3 is 15.4 Å². The third-order valence-electron chi connectivity index (χ3n) is 3.63. The number of anilines is 1. The van der Waals surface area contributed by atoms with Crippen LogP contribution in [0.1, 0.15) is 10.4 Å². The van der Waals surface area contributed by atoms with Gasteiger partial charge >= 0.3 is 6.03 Å². The molecule has 1 aromatic carbocycles. The van der Waals surface area contributed by atoms with Gasteiger partial charge in [-0.2, -0.15) is 0 Å². The second-order valence-corrected chi connectivity index (χ2v) is 5.36. The van der Waals surface area contributed by atoms with E-state index in [2.05, 4.69) is 15.6 Å². The van der Waals surface area contributed by atoms with Gasteiger partial charge in [0.2, 0.25) is 0 Å². The number of amides is 2. The summed E-state index contributed by atoms with van der Waals surface area (Å²) in [5, 5.41) is 6.24. The number of aromatic nitrogens is 2. The van der Waals surface area contributed by atoms with Crippen LogP contribution in [-0.2, 0) is 4.74 Å². The molecule has 128 valence electrons. The molecule has 2 aromatic heterocycles. The van der Waals surface area contributed by atoms with Crippen molar-refractivity contribution in [3.8, 4) is 0 Å². The van der Waals surface area contributed by atoms with Gasteiger partial charge in [0, 0.05) is 42.7 Å². The quantitative estimate of drug-likeness (QED) is 0.700. The van der Waals surface area contributed by atoms with E-state index in [-0.39, 0.29) is 11.9 Å². The maximum Gasteiger partial charge on any atom is 0.319 e. The molecule has 2 N–H and O–H groups in total. The molecule has 0 unspecified atom stereocenters. The zero-order chi connectivity index (χ0) is 17.6. The molecule has 7 nitrogen and oxygen atoms in total. The molecule has 0 saturated heterocycles. The van der Waals surface area contributed by atoms with E-state index in [1.807, 2.05) is 18.2 Å². The molecule has 0 atom stereocenters. The van der Waals surface area contributed by atoms with Crippen molar-refractivity contribution < 1.29 is 14.3 Å². The molecule has 3 aromatic rings. The zero-order valence-electron chi connectivity index (χ0n) is 13.7. The van der Waals surface area contributed by atoms with Crippen LogP contribution in [0.15, 0.2) is 54.9 Å². The lowest BCUT2D eigenvalue weighted by Crippen LogP contribution is -2.31. The van der Waals surface area contributed by atoms with Crippen molar-refractivity contribution >= 4 is 28.7 Å². The maximum absolute atomic E-state index is 12.7. The van der Waals surface area contributed by atoms with Crippen LogP contribution in [0, 0.1) is 0 Å². The summed E-state index contributed by atoms with van der Waals surface area (Å²) in [6, 6.07) is 12.0. The Labute approximate surface area is 144 Å². The molecule has 0 fully saturated rings. The van der Waals surface area contributed by atoms with Gasteiger partial charge in [0.25, 0.3) is 5.91 Å². The van der Waals surface area contributed by atoms with Gasteiger partial charge in [0.15, 0.2) is 0 Å². The molecular formula is C18H18N4O3. The molecule has 3 rings (SSSR count). The zero-order valence-corrected chi connectivity index (χ0v) is 13.7. The van der Waals surface area contributed by atoms with E-state index in [1.165, 1.54) is 4.57 Å². The van der Waals surface area contributed by atoms with Gasteiger partial charge in [-0.05, 0) is 36.4 Å². The highest BCUT2D eigenvalue weighted by atomic mass is 16.5. The highest BCUT2D eigenvalue weighted by molar-refractivity contribution is 6.02. The summed E-state index contributed by atoms with van der Waals surface area (Å²) in [5.74, 6) is -0.211. The van der Waals surface area contributed by atoms with Crippen LogP contribution < -0.4 is 10.6 Å². The van der Waals surface area contributed by atoms with Crippen LogP contribution in [0.25, 0.3) is 11.0 Å². The smallest absolute Gasteiger partial charge is 0.319 e. The van der Waals surface area contributed by atoms with Crippen molar-refractivity contribution in [3.05, 3.63) is 60.4 Å². The third-order valence-corrected chi connectivity index (χ3v) is 3.63. The molecule has 7 heteroatoms. The Kier molecular flexibility index (Phi) is 5.06. The topological polar surface area (TPSA) is 85.3 Å². The number of nitrogens with zero attached hydrogens (tertiary/aromatic N) is 2. The summed E-state index contributed by atoms with van der Waals surface area (Å²) < 4.78 is 6.37. The predicted octanol–water partition coefficient (Wildman–Crippen LogP) is 2.49. The molecule has 25 heavy (non-hydrogen) atoms. The maximum atomic E-state index is 12.7. The van der Waals surface area contributed by atoms with E-state index in [4.69, 9.17) is 4.74 Å². The number of methoxy groups -OCH3 is 1. The van der Waals surface area contributed by atoms with Gasteiger partial charge in [-0.3, -0.25) is 9.36 Å². The lowest BCUT2D eigenvalue weighted by atomic mass is 10.2. The van der Waals surface area contributed by atoms with Crippen molar-refractivity contribution in [2.45, 2.75) is 0 Å². The molecular weight excluding hydrogens is 320 g/mol. The summed E-state index contributed by atoms with van der Waals surface area (Å²) in [4.78, 5) is 28.8. The normalized spacial score (nSPS) is 10.6. The van der Waals surface area contributed by atoms with Crippen LogP contribution in [0.2, 0.25) is 0 Å². The Morgan fingerprint density at radius 2 is 2.08 bits per heavy atom. The second kappa shape index (κ2) is 7.59. The molecule has 0 aliphatic heterocycles. The van der Waals surface area contributed by atoms with Crippen molar-refractivity contribution in [1.82, 2.24) is 14.9 Å². The number of rotatable bonds is 5. The minimum atomic E-state index is -0.352. The SMILES string of the molecule is COCCNC(=O)Nc1cccc(C(=O)n2ccc3cccnc32)c1. The Morgan fingerprint density at radius 1 is 1.20 bits per heavy atom. The van der Waals surface area contributed by atoms with Crippen molar-refractivity contribution in [3.63, 3.8) is 0 Å². The van der Waals surface area contributed by atoms with Gasteiger partial charge in [-0.25, -0.2) is 9.78 Å². The first-order valence-corrected chi connectivity index (χ1v) is 7.79. The average molecular weight is 338 g/mol. The predicted molar refractivity (Wildman–Crippen MR) is 94.8 cm³/mol. The number of hydrogen-bond acceptors (Lipinski definition) is 4. The monoisotopic (exact) mass is 338 g/mol. The summed E-state index contributed by atoms with van der Waals surface area (Å²) >= 11 is 0. The number of ether oxygens (including phenoxy) is 1. The van der Waals surface area contributed by atoms with E-state index in [0.29, 0.717) is 30.0 Å². The first-order chi connectivity index (χ1) is 12.2. The number of benzene rings is 1. The second-order valence-electron chi connectivity index (χ2n) is 5.36. The van der Waals surface area contributed by atoms with Gasteiger partial charge in [0.1, 0.15) is 5.65 Å². The fourth-order valence-electron chi connectivity index (χ4n) is 2.44. The largest absolute Gasteiger partial charge is 0.383 e. The number of urea groups is 1. The fourth-order valence-corrected chi connectivity index (χ4v) is 2.44. The molecule has 0 aliphatic carbocycles. The molecule has 2 heterocycles. The molecule has 0 radical (unpaired) electrons. The van der Waals surface area contributed by atoms with Gasteiger partial charge in [-0.1, -0.05) is 6.07 Å². The number of pyridine rings is 1. The standard InChI is InChI=1S/C18H18N4O3/c1-25-11-9-20-18(24)21-15-6-2-4-14(12-15)17(23)22-10-7-13-5-3-8-19-16(13)22/h2-8,10,12H,9,11H2,1H3,(H2,20,21,24). The van der Waals surface area contributed by atoms with E-state index >= 15 is 0 Å². The lowest BCUT2D eigenvalue weighted by molar-refractivity contribution is 0.0964. The molecule has 0 spiro atoms. The number of carbonyl (C=O) groups is 2. The van der Waals surface area contributed by atoms with Crippen LogP contribution >= 0.6 is 0 Å². The van der Waals surface area contributed by atoms with Crippen molar-refractivity contribution in [2.24, 2.45) is 0 Å². The minimum Gasteiger partial charge on any atom is -0.383 e. The van der Waals surface area contributed by atoms with Gasteiger partial charge in [-0.15, -0.1) is 0 Å². The van der Waals surface area contributed by atoms with Gasteiger partial charge in [0.05, 0.1) is 6.61 Å². The molecule has 2 amide bonds.